The molecule has 3 rings (SSSR count). The summed E-state index contributed by atoms with van der Waals surface area (Å²) in [4.78, 5) is 0. The van der Waals surface area contributed by atoms with E-state index in [4.69, 9.17) is 0 Å². The molecule has 3 aliphatic rings. The summed E-state index contributed by atoms with van der Waals surface area (Å²) in [6.45, 7) is 11.5. The monoisotopic (exact) mass is 264 g/mol. The average molecular weight is 264 g/mol. The lowest BCUT2D eigenvalue weighted by atomic mass is 10.2. The minimum atomic E-state index is 0.663. The predicted octanol–water partition coefficient (Wildman–Crippen LogP) is 1.80. The van der Waals surface area contributed by atoms with Crippen LogP contribution < -0.4 is 0 Å². The van der Waals surface area contributed by atoms with Gasteiger partial charge in [-0.05, 0) is 59.7 Å². The molecular weight excluding hydrogens is 236 g/mol. The first-order chi connectivity index (χ1) is 9.08. The van der Waals surface area contributed by atoms with Gasteiger partial charge in [-0.15, -0.1) is 0 Å². The average Bonchev–Trinajstić information content (AvgIpc) is 3.02. The highest BCUT2D eigenvalue weighted by atomic mass is 15.7. The molecule has 0 aliphatic carbocycles. The Morgan fingerprint density at radius 1 is 0.842 bits per heavy atom. The molecule has 3 heterocycles. The van der Waals surface area contributed by atoms with E-state index in [-0.39, 0.29) is 0 Å². The smallest absolute Gasteiger partial charge is 0.110 e. The van der Waals surface area contributed by atoms with Crippen LogP contribution in [0, 0.1) is 0 Å². The van der Waals surface area contributed by atoms with E-state index in [9.17, 15) is 0 Å². The first-order valence-corrected chi connectivity index (χ1v) is 7.95. The van der Waals surface area contributed by atoms with Crippen LogP contribution in [-0.2, 0) is 0 Å². The topological polar surface area (TPSA) is 12.7 Å². The standard InChI is InChI=1S/C15H28N4/c1-12-5-6-13(2)18(12)16-9-10-17(11-16)19-14(3)7-8-15(19)4/h12-15H,5-10H2,1-4H3/t12-,13-,14-,15-/m1/s1. The Balaban J connectivity index is 1.74. The highest BCUT2D eigenvalue weighted by Gasteiger charge is 2.35. The van der Waals surface area contributed by atoms with Crippen molar-refractivity contribution in [2.75, 3.05) is 13.1 Å². The molecule has 0 radical (unpaired) electrons. The van der Waals surface area contributed by atoms with Crippen LogP contribution in [0.4, 0.5) is 0 Å². The van der Waals surface area contributed by atoms with Gasteiger partial charge in [0.1, 0.15) is 13.1 Å². The fraction of sp³-hybridized carbons (Fsp3) is 0.933. The molecule has 0 bridgehead atoms. The van der Waals surface area contributed by atoms with Crippen LogP contribution >= 0.6 is 0 Å². The summed E-state index contributed by atoms with van der Waals surface area (Å²) in [6, 6.07) is 2.65. The van der Waals surface area contributed by atoms with E-state index in [1.54, 1.807) is 0 Å². The third-order valence-electron chi connectivity index (χ3n) is 5.12. The molecule has 108 valence electrons. The van der Waals surface area contributed by atoms with E-state index < -0.39 is 0 Å². The Kier molecular flexibility index (Phi) is 3.46. The SMILES string of the molecule is C[C@@H]1CC[C@@H](C)N1N1[C-]=[N+](N2[C@H](C)CC[C@H]2C)CC1. The molecule has 2 saturated heterocycles. The maximum Gasteiger partial charge on any atom is 0.110 e. The number of rotatable bonds is 2. The van der Waals surface area contributed by atoms with Gasteiger partial charge in [0.05, 0.1) is 12.1 Å². The lowest BCUT2D eigenvalue weighted by molar-refractivity contribution is -0.690. The molecule has 0 N–H and O–H groups in total. The van der Waals surface area contributed by atoms with E-state index in [2.05, 4.69) is 53.7 Å². The summed E-state index contributed by atoms with van der Waals surface area (Å²) in [5, 5.41) is 7.41. The second-order valence-electron chi connectivity index (χ2n) is 6.66. The van der Waals surface area contributed by atoms with E-state index in [0.29, 0.717) is 24.2 Å². The summed E-state index contributed by atoms with van der Waals surface area (Å²) in [7, 11) is 0. The molecule has 19 heavy (non-hydrogen) atoms. The zero-order valence-corrected chi connectivity index (χ0v) is 12.8. The first kappa shape index (κ1) is 13.2. The van der Waals surface area contributed by atoms with Gasteiger partial charge < -0.3 is 9.69 Å². The zero-order valence-electron chi connectivity index (χ0n) is 12.8. The van der Waals surface area contributed by atoms with Crippen LogP contribution in [0.1, 0.15) is 53.4 Å². The summed E-state index contributed by atoms with van der Waals surface area (Å²) >= 11 is 0. The van der Waals surface area contributed by atoms with Crippen LogP contribution in [-0.4, -0.2) is 63.3 Å². The quantitative estimate of drug-likeness (QED) is 0.557. The van der Waals surface area contributed by atoms with Gasteiger partial charge in [0, 0.05) is 12.1 Å². The minimum Gasteiger partial charge on any atom is -0.352 e. The molecule has 0 aromatic rings. The second-order valence-corrected chi connectivity index (χ2v) is 6.66. The van der Waals surface area contributed by atoms with Crippen LogP contribution in [0.3, 0.4) is 0 Å². The molecule has 0 aromatic heterocycles. The Hall–Kier alpha value is -0.770. The van der Waals surface area contributed by atoms with Crippen molar-refractivity contribution in [1.82, 2.24) is 15.0 Å². The number of hydrogen-bond acceptors (Lipinski definition) is 3. The lowest BCUT2D eigenvalue weighted by Crippen LogP contribution is -2.46. The van der Waals surface area contributed by atoms with Crippen molar-refractivity contribution in [1.29, 1.82) is 0 Å². The second kappa shape index (κ2) is 4.97. The molecule has 0 aromatic carbocycles. The van der Waals surface area contributed by atoms with Crippen molar-refractivity contribution in [2.45, 2.75) is 77.5 Å². The van der Waals surface area contributed by atoms with Gasteiger partial charge in [-0.25, -0.2) is 0 Å². The summed E-state index contributed by atoms with van der Waals surface area (Å²) < 4.78 is 2.35. The highest BCUT2D eigenvalue weighted by molar-refractivity contribution is 5.49. The van der Waals surface area contributed by atoms with Gasteiger partial charge in [0.2, 0.25) is 0 Å². The molecule has 4 nitrogen and oxygen atoms in total. The zero-order chi connectivity index (χ0) is 13.6. The van der Waals surface area contributed by atoms with Crippen LogP contribution in [0.2, 0.25) is 0 Å². The van der Waals surface area contributed by atoms with Gasteiger partial charge in [-0.3, -0.25) is 5.01 Å². The molecular formula is C15H28N4. The molecule has 4 atom stereocenters. The molecule has 0 unspecified atom stereocenters. The lowest BCUT2D eigenvalue weighted by Gasteiger charge is -2.35. The van der Waals surface area contributed by atoms with E-state index in [1.165, 1.54) is 25.7 Å². The summed E-state index contributed by atoms with van der Waals surface area (Å²) in [5.74, 6) is 0. The molecule has 2 fully saturated rings. The van der Waals surface area contributed by atoms with Gasteiger partial charge in [0.15, 0.2) is 0 Å². The normalized spacial score (nSPS) is 40.3. The van der Waals surface area contributed by atoms with E-state index in [1.807, 2.05) is 0 Å². The molecule has 3 aliphatic heterocycles. The van der Waals surface area contributed by atoms with Crippen LogP contribution in [0.15, 0.2) is 0 Å². The number of hydrazone groups is 1. The third kappa shape index (κ3) is 2.24. The van der Waals surface area contributed by atoms with Crippen molar-refractivity contribution in [3.63, 3.8) is 0 Å². The van der Waals surface area contributed by atoms with Crippen molar-refractivity contribution in [3.05, 3.63) is 0 Å². The Morgan fingerprint density at radius 2 is 1.37 bits per heavy atom. The Labute approximate surface area is 117 Å². The van der Waals surface area contributed by atoms with Gasteiger partial charge >= 0.3 is 0 Å². The third-order valence-corrected chi connectivity index (χ3v) is 5.12. The maximum atomic E-state index is 3.62. The maximum absolute atomic E-state index is 3.62. The van der Waals surface area contributed by atoms with Gasteiger partial charge in [-0.2, -0.15) is 5.01 Å². The first-order valence-electron chi connectivity index (χ1n) is 7.95. The fourth-order valence-corrected chi connectivity index (χ4v) is 4.07. The number of hydrogen-bond donors (Lipinski definition) is 0. The van der Waals surface area contributed by atoms with Crippen LogP contribution in [0.5, 0.6) is 0 Å². The molecule has 0 spiro atoms. The number of nitrogens with zero attached hydrogens (tertiary/aromatic N) is 4. The summed E-state index contributed by atoms with van der Waals surface area (Å²) in [5.41, 5.74) is 0. The number of hydrazine groups is 2. The fourth-order valence-electron chi connectivity index (χ4n) is 4.07. The Morgan fingerprint density at radius 3 is 1.95 bits per heavy atom. The Bertz CT molecular complexity index is 347. The van der Waals surface area contributed by atoms with Gasteiger partial charge in [-0.1, -0.05) is 0 Å². The summed E-state index contributed by atoms with van der Waals surface area (Å²) in [6.07, 6.45) is 8.88. The predicted molar refractivity (Wildman–Crippen MR) is 76.8 cm³/mol. The minimum absolute atomic E-state index is 0.663. The van der Waals surface area contributed by atoms with Crippen molar-refractivity contribution in [3.8, 4) is 0 Å². The van der Waals surface area contributed by atoms with Gasteiger partial charge in [0.25, 0.3) is 0 Å². The molecule has 0 amide bonds. The van der Waals surface area contributed by atoms with Crippen molar-refractivity contribution < 1.29 is 4.68 Å². The highest BCUT2D eigenvalue weighted by Crippen LogP contribution is 2.27. The van der Waals surface area contributed by atoms with Crippen molar-refractivity contribution in [2.24, 2.45) is 0 Å². The largest absolute Gasteiger partial charge is 0.352 e. The van der Waals surface area contributed by atoms with Crippen LogP contribution in [0.25, 0.3) is 0 Å². The molecule has 0 saturated carbocycles. The molecule has 4 heteroatoms. The van der Waals surface area contributed by atoms with E-state index >= 15 is 0 Å². The van der Waals surface area contributed by atoms with E-state index in [0.717, 1.165) is 13.1 Å². The van der Waals surface area contributed by atoms with Crippen molar-refractivity contribution >= 4 is 6.34 Å².